The first kappa shape index (κ1) is 16.5. The molecule has 22 heavy (non-hydrogen) atoms. The van der Waals surface area contributed by atoms with Gasteiger partial charge in [0.05, 0.1) is 19.8 Å². The van der Waals surface area contributed by atoms with E-state index in [0.29, 0.717) is 0 Å². The average molecular weight is 299 g/mol. The number of aryl methyl sites for hydroxylation is 2. The van der Waals surface area contributed by atoms with Gasteiger partial charge in [-0.1, -0.05) is 30.3 Å². The molecule has 2 aromatic carbocycles. The summed E-state index contributed by atoms with van der Waals surface area (Å²) in [5, 5.41) is 13.2. The molecule has 0 aliphatic rings. The van der Waals surface area contributed by atoms with Crippen molar-refractivity contribution in [3.63, 3.8) is 0 Å². The third-order valence-corrected chi connectivity index (χ3v) is 4.16. The van der Waals surface area contributed by atoms with Crippen molar-refractivity contribution in [3.05, 3.63) is 64.7 Å². The Labute approximate surface area is 133 Å². The lowest BCUT2D eigenvalue weighted by molar-refractivity contribution is 0.235. The molecule has 0 heterocycles. The fourth-order valence-corrected chi connectivity index (χ4v) is 2.54. The van der Waals surface area contributed by atoms with Gasteiger partial charge in [-0.05, 0) is 55.2 Å². The van der Waals surface area contributed by atoms with Crippen LogP contribution in [0, 0.1) is 13.8 Å². The SMILES string of the molecule is COc1cccc(C(CO)NC(C)c2ccc(C)c(C)c2)c1. The van der Waals surface area contributed by atoms with Gasteiger partial charge in [0.2, 0.25) is 0 Å². The van der Waals surface area contributed by atoms with Crippen molar-refractivity contribution in [1.29, 1.82) is 0 Å². The lowest BCUT2D eigenvalue weighted by Gasteiger charge is -2.23. The predicted octanol–water partition coefficient (Wildman–Crippen LogP) is 3.70. The number of methoxy groups -OCH3 is 1. The molecule has 2 aromatic rings. The number of ether oxygens (including phenoxy) is 1. The smallest absolute Gasteiger partial charge is 0.119 e. The summed E-state index contributed by atoms with van der Waals surface area (Å²) in [6, 6.07) is 14.3. The minimum atomic E-state index is -0.119. The Bertz CT molecular complexity index is 625. The van der Waals surface area contributed by atoms with E-state index in [4.69, 9.17) is 4.74 Å². The zero-order valence-electron chi connectivity index (χ0n) is 13.8. The third-order valence-electron chi connectivity index (χ3n) is 4.16. The molecule has 2 unspecified atom stereocenters. The molecule has 0 saturated heterocycles. The maximum Gasteiger partial charge on any atom is 0.119 e. The van der Waals surface area contributed by atoms with E-state index in [0.717, 1.165) is 11.3 Å². The first-order valence-corrected chi connectivity index (χ1v) is 7.63. The summed E-state index contributed by atoms with van der Waals surface area (Å²) in [6.45, 7) is 6.40. The van der Waals surface area contributed by atoms with E-state index in [1.807, 2.05) is 24.3 Å². The van der Waals surface area contributed by atoms with Crippen molar-refractivity contribution in [2.75, 3.05) is 13.7 Å². The second-order valence-corrected chi connectivity index (χ2v) is 5.74. The second kappa shape index (κ2) is 7.43. The van der Waals surface area contributed by atoms with Crippen molar-refractivity contribution in [3.8, 4) is 5.75 Å². The van der Waals surface area contributed by atoms with E-state index in [1.54, 1.807) is 7.11 Å². The minimum absolute atomic E-state index is 0.0440. The van der Waals surface area contributed by atoms with Crippen LogP contribution < -0.4 is 10.1 Å². The number of aliphatic hydroxyl groups is 1. The molecule has 0 fully saturated rings. The maximum absolute atomic E-state index is 9.73. The van der Waals surface area contributed by atoms with Gasteiger partial charge in [0, 0.05) is 6.04 Å². The molecule has 3 nitrogen and oxygen atoms in total. The largest absolute Gasteiger partial charge is 0.497 e. The highest BCUT2D eigenvalue weighted by atomic mass is 16.5. The van der Waals surface area contributed by atoms with Crippen LogP contribution >= 0.6 is 0 Å². The van der Waals surface area contributed by atoms with Crippen LogP contribution in [0.5, 0.6) is 5.75 Å². The zero-order valence-corrected chi connectivity index (χ0v) is 13.8. The fraction of sp³-hybridized carbons (Fsp3) is 0.368. The van der Waals surface area contributed by atoms with Gasteiger partial charge in [0.1, 0.15) is 5.75 Å². The molecule has 0 aliphatic carbocycles. The van der Waals surface area contributed by atoms with Crippen LogP contribution in [0.25, 0.3) is 0 Å². The lowest BCUT2D eigenvalue weighted by atomic mass is 10.00. The molecule has 0 spiro atoms. The summed E-state index contributed by atoms with van der Waals surface area (Å²) in [6.07, 6.45) is 0. The van der Waals surface area contributed by atoms with Crippen molar-refractivity contribution in [2.45, 2.75) is 32.9 Å². The lowest BCUT2D eigenvalue weighted by Crippen LogP contribution is -2.27. The van der Waals surface area contributed by atoms with Crippen LogP contribution in [0.2, 0.25) is 0 Å². The van der Waals surface area contributed by atoms with E-state index < -0.39 is 0 Å². The monoisotopic (exact) mass is 299 g/mol. The standard InChI is InChI=1S/C19H25NO2/c1-13-8-9-16(10-14(13)2)15(3)20-19(12-21)17-6-5-7-18(11-17)22-4/h5-11,15,19-21H,12H2,1-4H3. The number of benzene rings is 2. The minimum Gasteiger partial charge on any atom is -0.497 e. The summed E-state index contributed by atoms with van der Waals surface area (Å²) in [4.78, 5) is 0. The van der Waals surface area contributed by atoms with E-state index in [2.05, 4.69) is 44.3 Å². The summed E-state index contributed by atoms with van der Waals surface area (Å²) < 4.78 is 5.26. The van der Waals surface area contributed by atoms with Gasteiger partial charge in [-0.15, -0.1) is 0 Å². The van der Waals surface area contributed by atoms with E-state index in [9.17, 15) is 5.11 Å². The van der Waals surface area contributed by atoms with Crippen molar-refractivity contribution in [2.24, 2.45) is 0 Å². The molecule has 3 heteroatoms. The van der Waals surface area contributed by atoms with Crippen LogP contribution in [-0.2, 0) is 0 Å². The second-order valence-electron chi connectivity index (χ2n) is 5.74. The van der Waals surface area contributed by atoms with Gasteiger partial charge in [-0.3, -0.25) is 0 Å². The van der Waals surface area contributed by atoms with Crippen molar-refractivity contribution < 1.29 is 9.84 Å². The van der Waals surface area contributed by atoms with E-state index in [1.165, 1.54) is 16.7 Å². The molecule has 2 atom stereocenters. The topological polar surface area (TPSA) is 41.5 Å². The fourth-order valence-electron chi connectivity index (χ4n) is 2.54. The molecule has 2 N–H and O–H groups in total. The van der Waals surface area contributed by atoms with Crippen LogP contribution in [0.1, 0.15) is 41.3 Å². The Morgan fingerprint density at radius 2 is 1.82 bits per heavy atom. The van der Waals surface area contributed by atoms with Gasteiger partial charge in [0.15, 0.2) is 0 Å². The summed E-state index contributed by atoms with van der Waals surface area (Å²) in [7, 11) is 1.65. The Kier molecular flexibility index (Phi) is 5.58. The number of hydrogen-bond donors (Lipinski definition) is 2. The van der Waals surface area contributed by atoms with Gasteiger partial charge >= 0.3 is 0 Å². The Balaban J connectivity index is 2.16. The van der Waals surface area contributed by atoms with E-state index >= 15 is 0 Å². The van der Waals surface area contributed by atoms with E-state index in [-0.39, 0.29) is 18.7 Å². The third kappa shape index (κ3) is 3.87. The number of rotatable bonds is 6. The number of hydrogen-bond acceptors (Lipinski definition) is 3. The van der Waals surface area contributed by atoms with Gasteiger partial charge in [-0.25, -0.2) is 0 Å². The molecular formula is C19H25NO2. The molecule has 0 saturated carbocycles. The Hall–Kier alpha value is -1.84. The maximum atomic E-state index is 9.73. The molecule has 0 amide bonds. The first-order valence-electron chi connectivity index (χ1n) is 7.63. The molecular weight excluding hydrogens is 274 g/mol. The number of aliphatic hydroxyl groups excluding tert-OH is 1. The molecule has 0 bridgehead atoms. The Morgan fingerprint density at radius 3 is 2.45 bits per heavy atom. The van der Waals surface area contributed by atoms with Crippen molar-refractivity contribution >= 4 is 0 Å². The quantitative estimate of drug-likeness (QED) is 0.854. The average Bonchev–Trinajstić information content (AvgIpc) is 2.54. The highest BCUT2D eigenvalue weighted by molar-refractivity contribution is 5.33. The van der Waals surface area contributed by atoms with Gasteiger partial charge in [0.25, 0.3) is 0 Å². The zero-order chi connectivity index (χ0) is 16.1. The summed E-state index contributed by atoms with van der Waals surface area (Å²) in [5.74, 6) is 0.802. The molecule has 118 valence electrons. The highest BCUT2D eigenvalue weighted by Crippen LogP contribution is 2.23. The molecule has 0 radical (unpaired) electrons. The predicted molar refractivity (Wildman–Crippen MR) is 90.3 cm³/mol. The normalized spacial score (nSPS) is 13.7. The molecule has 2 rings (SSSR count). The summed E-state index contributed by atoms with van der Waals surface area (Å²) in [5.41, 5.74) is 4.83. The summed E-state index contributed by atoms with van der Waals surface area (Å²) >= 11 is 0. The Morgan fingerprint density at radius 1 is 1.05 bits per heavy atom. The highest BCUT2D eigenvalue weighted by Gasteiger charge is 2.15. The van der Waals surface area contributed by atoms with Crippen LogP contribution in [-0.4, -0.2) is 18.8 Å². The van der Waals surface area contributed by atoms with Crippen LogP contribution in [0.4, 0.5) is 0 Å². The molecule has 0 aliphatic heterocycles. The van der Waals surface area contributed by atoms with Gasteiger partial charge < -0.3 is 15.2 Å². The first-order chi connectivity index (χ1) is 10.5. The molecule has 0 aromatic heterocycles. The number of nitrogens with one attached hydrogen (secondary N) is 1. The van der Waals surface area contributed by atoms with Gasteiger partial charge in [-0.2, -0.15) is 0 Å². The van der Waals surface area contributed by atoms with Crippen LogP contribution in [0.3, 0.4) is 0 Å². The van der Waals surface area contributed by atoms with Crippen LogP contribution in [0.15, 0.2) is 42.5 Å². The van der Waals surface area contributed by atoms with Crippen molar-refractivity contribution in [1.82, 2.24) is 5.32 Å².